The third-order valence-corrected chi connectivity index (χ3v) is 5.22. The lowest BCUT2D eigenvalue weighted by Crippen LogP contribution is -2.38. The fourth-order valence-electron chi connectivity index (χ4n) is 3.73. The summed E-state index contributed by atoms with van der Waals surface area (Å²) >= 11 is 0. The van der Waals surface area contributed by atoms with Gasteiger partial charge in [-0.1, -0.05) is 6.92 Å². The van der Waals surface area contributed by atoms with Gasteiger partial charge in [0.05, 0.1) is 11.7 Å². The minimum Gasteiger partial charge on any atom is -0.367 e. The number of anilines is 2. The van der Waals surface area contributed by atoms with Crippen molar-refractivity contribution in [1.29, 1.82) is 0 Å². The lowest BCUT2D eigenvalue weighted by atomic mass is 9.94. The topological polar surface area (TPSA) is 116 Å². The average molecular weight is 357 g/mol. The third-order valence-electron chi connectivity index (χ3n) is 5.22. The first kappa shape index (κ1) is 16.6. The van der Waals surface area contributed by atoms with Crippen molar-refractivity contribution < 1.29 is 9.59 Å². The molecule has 2 aliphatic heterocycles. The van der Waals surface area contributed by atoms with Crippen LogP contribution in [0.4, 0.5) is 11.6 Å². The van der Waals surface area contributed by atoms with E-state index in [1.165, 1.54) is 7.05 Å². The smallest absolute Gasteiger partial charge is 0.314 e. The molecule has 2 amide bonds. The van der Waals surface area contributed by atoms with E-state index >= 15 is 0 Å². The zero-order chi connectivity index (χ0) is 18.3. The van der Waals surface area contributed by atoms with Crippen LogP contribution in [0.3, 0.4) is 0 Å². The summed E-state index contributed by atoms with van der Waals surface area (Å²) < 4.78 is 2.01. The molecule has 0 aliphatic carbocycles. The van der Waals surface area contributed by atoms with E-state index in [4.69, 9.17) is 5.10 Å². The van der Waals surface area contributed by atoms with Gasteiger partial charge in [-0.2, -0.15) is 5.10 Å². The number of piperidine rings is 1. The first-order valence-corrected chi connectivity index (χ1v) is 8.87. The number of rotatable bonds is 2. The van der Waals surface area contributed by atoms with Crippen LogP contribution in [0.5, 0.6) is 0 Å². The summed E-state index contributed by atoms with van der Waals surface area (Å²) in [6.07, 6.45) is 2.95. The van der Waals surface area contributed by atoms with Crippen LogP contribution in [0.25, 0.3) is 11.3 Å². The van der Waals surface area contributed by atoms with Crippen molar-refractivity contribution in [2.24, 2.45) is 5.92 Å². The summed E-state index contributed by atoms with van der Waals surface area (Å²) in [4.78, 5) is 26.9. The van der Waals surface area contributed by atoms with Crippen LogP contribution in [-0.2, 0) is 16.1 Å². The van der Waals surface area contributed by atoms with Crippen molar-refractivity contribution in [2.75, 3.05) is 30.8 Å². The number of amides is 2. The van der Waals surface area contributed by atoms with Crippen LogP contribution in [0, 0.1) is 5.92 Å². The van der Waals surface area contributed by atoms with Crippen molar-refractivity contribution in [3.63, 3.8) is 0 Å². The molecular formula is C17H23N7O2. The number of aromatic amines is 1. The molecule has 5 N–H and O–H groups in total. The Labute approximate surface area is 150 Å². The number of nitrogens with one attached hydrogen (secondary N) is 5. The second-order valence-corrected chi connectivity index (χ2v) is 6.81. The van der Waals surface area contributed by atoms with E-state index in [9.17, 15) is 9.59 Å². The van der Waals surface area contributed by atoms with E-state index in [2.05, 4.69) is 33.2 Å². The number of fused-ring (bicyclic) bond motifs is 3. The molecule has 9 heteroatoms. The summed E-state index contributed by atoms with van der Waals surface area (Å²) in [6.45, 7) is 4.58. The van der Waals surface area contributed by atoms with Crippen LogP contribution >= 0.6 is 0 Å². The molecule has 0 unspecified atom stereocenters. The predicted molar refractivity (Wildman–Crippen MR) is 97.7 cm³/mol. The molecule has 2 aromatic rings. The maximum absolute atomic E-state index is 12.1. The maximum atomic E-state index is 12.1. The van der Waals surface area contributed by atoms with Gasteiger partial charge in [0.2, 0.25) is 0 Å². The van der Waals surface area contributed by atoms with E-state index in [0.717, 1.165) is 42.1 Å². The van der Waals surface area contributed by atoms with Gasteiger partial charge in [-0.3, -0.25) is 14.3 Å². The molecule has 1 fully saturated rings. The molecule has 2 aliphatic rings. The van der Waals surface area contributed by atoms with Gasteiger partial charge < -0.3 is 26.3 Å². The predicted octanol–water partition coefficient (Wildman–Crippen LogP) is 0.659. The van der Waals surface area contributed by atoms with E-state index in [1.54, 1.807) is 0 Å². The zero-order valence-electron chi connectivity index (χ0n) is 14.8. The van der Waals surface area contributed by atoms with Crippen LogP contribution in [-0.4, -0.2) is 46.7 Å². The molecule has 0 aromatic carbocycles. The van der Waals surface area contributed by atoms with Crippen LogP contribution in [0.15, 0.2) is 12.3 Å². The second kappa shape index (κ2) is 6.49. The zero-order valence-corrected chi connectivity index (χ0v) is 14.8. The van der Waals surface area contributed by atoms with Crippen molar-refractivity contribution in [3.8, 4) is 11.3 Å². The van der Waals surface area contributed by atoms with Crippen molar-refractivity contribution in [3.05, 3.63) is 17.8 Å². The van der Waals surface area contributed by atoms with E-state index in [1.807, 2.05) is 16.9 Å². The Hall–Kier alpha value is -2.81. The minimum absolute atomic E-state index is 0.184. The molecule has 0 bridgehead atoms. The molecule has 9 nitrogen and oxygen atoms in total. The van der Waals surface area contributed by atoms with Gasteiger partial charge in [-0.15, -0.1) is 0 Å². The third kappa shape index (κ3) is 2.64. The maximum Gasteiger partial charge on any atom is 0.314 e. The van der Waals surface area contributed by atoms with Crippen molar-refractivity contribution >= 4 is 23.5 Å². The number of likely N-dealkylation sites (N-methyl/N-ethyl adjacent to an activating group) is 1. The number of hydrogen-bond acceptors (Lipinski definition) is 5. The number of carbonyl (C=O) groups is 2. The van der Waals surface area contributed by atoms with Crippen molar-refractivity contribution in [1.82, 2.24) is 25.4 Å². The molecule has 26 heavy (non-hydrogen) atoms. The Morgan fingerprint density at radius 2 is 2.19 bits per heavy atom. The number of nitrogens with zero attached hydrogens (tertiary/aromatic N) is 2. The van der Waals surface area contributed by atoms with Crippen LogP contribution in [0.1, 0.15) is 24.9 Å². The quantitative estimate of drug-likeness (QED) is 0.506. The molecule has 0 spiro atoms. The normalized spacial score (nSPS) is 21.3. The monoisotopic (exact) mass is 357 g/mol. The average Bonchev–Trinajstić information content (AvgIpc) is 3.26. The van der Waals surface area contributed by atoms with Crippen LogP contribution in [0.2, 0.25) is 0 Å². The largest absolute Gasteiger partial charge is 0.367 e. The lowest BCUT2D eigenvalue weighted by Gasteiger charge is -2.31. The van der Waals surface area contributed by atoms with Crippen molar-refractivity contribution in [2.45, 2.75) is 25.9 Å². The van der Waals surface area contributed by atoms with Gasteiger partial charge in [-0.25, -0.2) is 0 Å². The first-order valence-electron chi connectivity index (χ1n) is 8.87. The minimum atomic E-state index is -0.713. The molecule has 2 atom stereocenters. The van der Waals surface area contributed by atoms with E-state index in [0.29, 0.717) is 18.3 Å². The highest BCUT2D eigenvalue weighted by atomic mass is 16.2. The molecule has 138 valence electrons. The summed E-state index contributed by atoms with van der Waals surface area (Å²) in [7, 11) is 1.43. The Bertz CT molecular complexity index is 853. The van der Waals surface area contributed by atoms with Gasteiger partial charge in [0, 0.05) is 37.5 Å². The first-order chi connectivity index (χ1) is 12.6. The number of hydrogen-bond donors (Lipinski definition) is 5. The molecule has 0 saturated carbocycles. The lowest BCUT2D eigenvalue weighted by molar-refractivity contribution is -0.135. The Morgan fingerprint density at radius 1 is 1.35 bits per heavy atom. The van der Waals surface area contributed by atoms with Gasteiger partial charge >= 0.3 is 11.8 Å². The molecule has 4 rings (SSSR count). The second-order valence-electron chi connectivity index (χ2n) is 6.81. The molecule has 4 heterocycles. The molecular weight excluding hydrogens is 334 g/mol. The van der Waals surface area contributed by atoms with E-state index < -0.39 is 11.8 Å². The standard InChI is InChI=1S/C17H23N7O2/c1-9-3-5-19-8-12(9)24-13-10-4-6-20-14(10)21-7-11(13)15(23-24)22-17(26)16(25)18-2/h4,6,9,12,19-21H,3,5,7-8H2,1-2H3,(H,18,25)(H,22,23,26)/t9-,12+/m1/s1. The SMILES string of the molecule is CNC(=O)C(=O)Nc1nn([C@H]2CNCC[C@H]2C)c2c1CNc1[nH]ccc1-2. The summed E-state index contributed by atoms with van der Waals surface area (Å²) in [6, 6.07) is 2.19. The Kier molecular flexibility index (Phi) is 4.15. The molecule has 0 radical (unpaired) electrons. The van der Waals surface area contributed by atoms with Gasteiger partial charge in [0.25, 0.3) is 0 Å². The Balaban J connectivity index is 1.79. The summed E-state index contributed by atoms with van der Waals surface area (Å²) in [5.41, 5.74) is 2.91. The fourth-order valence-corrected chi connectivity index (χ4v) is 3.73. The van der Waals surface area contributed by atoms with Gasteiger partial charge in [-0.05, 0) is 24.9 Å². The van der Waals surface area contributed by atoms with E-state index in [-0.39, 0.29) is 6.04 Å². The Morgan fingerprint density at radius 3 is 2.96 bits per heavy atom. The number of carbonyl (C=O) groups excluding carboxylic acids is 2. The summed E-state index contributed by atoms with van der Waals surface area (Å²) in [5, 5.41) is 16.5. The van der Waals surface area contributed by atoms with Crippen LogP contribution < -0.4 is 21.3 Å². The number of aromatic nitrogens is 3. The fraction of sp³-hybridized carbons (Fsp3) is 0.471. The summed E-state index contributed by atoms with van der Waals surface area (Å²) in [5.74, 6) is 0.437. The molecule has 1 saturated heterocycles. The van der Waals surface area contributed by atoms with Gasteiger partial charge in [0.1, 0.15) is 5.82 Å². The molecule has 2 aromatic heterocycles. The highest BCUT2D eigenvalue weighted by molar-refractivity contribution is 6.39. The highest BCUT2D eigenvalue weighted by Gasteiger charge is 2.33. The highest BCUT2D eigenvalue weighted by Crippen LogP contribution is 2.41. The number of H-pyrrole nitrogens is 1. The van der Waals surface area contributed by atoms with Gasteiger partial charge in [0.15, 0.2) is 5.82 Å².